The largest absolute Gasteiger partial charge is 0.0991 e. The average Bonchev–Trinajstić information content (AvgIpc) is 1.88. The summed E-state index contributed by atoms with van der Waals surface area (Å²) in [6.45, 7) is 7.78. The molecule has 0 heterocycles. The van der Waals surface area contributed by atoms with Crippen molar-refractivity contribution in [2.24, 2.45) is 0 Å². The fourth-order valence-corrected chi connectivity index (χ4v) is 0.944. The SMILES string of the molecule is C=C/C=C(C)\C=C(\Br)CC. The van der Waals surface area contributed by atoms with E-state index in [0.717, 1.165) is 6.42 Å². The molecule has 0 radical (unpaired) electrons. The molecule has 0 nitrogen and oxygen atoms in total. The number of allylic oxidation sites excluding steroid dienone is 5. The van der Waals surface area contributed by atoms with Crippen molar-refractivity contribution in [1.82, 2.24) is 0 Å². The Kier molecular flexibility index (Phi) is 5.32. The van der Waals surface area contributed by atoms with Crippen LogP contribution < -0.4 is 0 Å². The molecule has 0 aliphatic carbocycles. The van der Waals surface area contributed by atoms with Gasteiger partial charge in [0, 0.05) is 0 Å². The smallest absolute Gasteiger partial charge is 0.00495 e. The average molecular weight is 201 g/mol. The van der Waals surface area contributed by atoms with Gasteiger partial charge in [-0.2, -0.15) is 0 Å². The van der Waals surface area contributed by atoms with Crippen molar-refractivity contribution >= 4 is 15.9 Å². The van der Waals surface area contributed by atoms with Gasteiger partial charge in [0.25, 0.3) is 0 Å². The standard InChI is InChI=1S/C9H13Br/c1-4-6-8(3)7-9(10)5-2/h4,6-7H,1,5H2,2-3H3/b8-6-,9-7+. The van der Waals surface area contributed by atoms with Gasteiger partial charge in [-0.15, -0.1) is 0 Å². The van der Waals surface area contributed by atoms with Crippen molar-refractivity contribution in [2.75, 3.05) is 0 Å². The third-order valence-corrected chi connectivity index (χ3v) is 1.89. The maximum absolute atomic E-state index is 3.61. The van der Waals surface area contributed by atoms with E-state index in [1.165, 1.54) is 10.1 Å². The Morgan fingerprint density at radius 3 is 2.60 bits per heavy atom. The van der Waals surface area contributed by atoms with Gasteiger partial charge >= 0.3 is 0 Å². The monoisotopic (exact) mass is 200 g/mol. The molecule has 0 rings (SSSR count). The number of hydrogen-bond donors (Lipinski definition) is 0. The van der Waals surface area contributed by atoms with E-state index in [-0.39, 0.29) is 0 Å². The van der Waals surface area contributed by atoms with E-state index in [2.05, 4.69) is 42.4 Å². The zero-order valence-electron chi connectivity index (χ0n) is 6.52. The van der Waals surface area contributed by atoms with E-state index in [9.17, 15) is 0 Å². The molecule has 0 fully saturated rings. The molecule has 0 aliphatic heterocycles. The maximum Gasteiger partial charge on any atom is -0.00495 e. The van der Waals surface area contributed by atoms with Crippen LogP contribution in [0.5, 0.6) is 0 Å². The van der Waals surface area contributed by atoms with Crippen molar-refractivity contribution in [3.05, 3.63) is 34.9 Å². The highest BCUT2D eigenvalue weighted by Gasteiger charge is 1.85. The van der Waals surface area contributed by atoms with Crippen LogP contribution in [0, 0.1) is 0 Å². The molecule has 0 aliphatic rings. The number of halogens is 1. The molecule has 0 saturated heterocycles. The minimum absolute atomic E-state index is 1.04. The Balaban J connectivity index is 4.11. The molecule has 0 saturated carbocycles. The molecule has 0 N–H and O–H groups in total. The summed E-state index contributed by atoms with van der Waals surface area (Å²) in [6.07, 6.45) is 6.92. The molecular weight excluding hydrogens is 188 g/mol. The van der Waals surface area contributed by atoms with Gasteiger partial charge in [0.2, 0.25) is 0 Å². The maximum atomic E-state index is 3.61. The molecule has 1 heteroatoms. The molecule has 0 aromatic carbocycles. The van der Waals surface area contributed by atoms with Gasteiger partial charge < -0.3 is 0 Å². The first-order valence-electron chi connectivity index (χ1n) is 3.36. The van der Waals surface area contributed by atoms with E-state index in [4.69, 9.17) is 0 Å². The molecule has 0 atom stereocenters. The highest BCUT2D eigenvalue weighted by Crippen LogP contribution is 2.12. The lowest BCUT2D eigenvalue weighted by Crippen LogP contribution is -1.69. The molecule has 10 heavy (non-hydrogen) atoms. The number of hydrogen-bond acceptors (Lipinski definition) is 0. The Bertz CT molecular complexity index is 164. The molecule has 56 valence electrons. The highest BCUT2D eigenvalue weighted by molar-refractivity contribution is 9.11. The Hall–Kier alpha value is -0.300. The second-order valence-corrected chi connectivity index (χ2v) is 3.11. The molecule has 0 spiro atoms. The van der Waals surface area contributed by atoms with Crippen LogP contribution >= 0.6 is 15.9 Å². The van der Waals surface area contributed by atoms with Crippen LogP contribution in [0.15, 0.2) is 34.9 Å². The molecule has 0 aromatic heterocycles. The van der Waals surface area contributed by atoms with Crippen LogP contribution in [0.1, 0.15) is 20.3 Å². The van der Waals surface area contributed by atoms with Crippen LogP contribution in [-0.4, -0.2) is 0 Å². The summed E-state index contributed by atoms with van der Waals surface area (Å²) < 4.78 is 1.23. The van der Waals surface area contributed by atoms with Crippen molar-refractivity contribution < 1.29 is 0 Å². The minimum atomic E-state index is 1.04. The zero-order valence-corrected chi connectivity index (χ0v) is 8.11. The predicted molar refractivity (Wildman–Crippen MR) is 51.3 cm³/mol. The van der Waals surface area contributed by atoms with E-state index < -0.39 is 0 Å². The fraction of sp³-hybridized carbons (Fsp3) is 0.333. The van der Waals surface area contributed by atoms with Crippen molar-refractivity contribution in [3.8, 4) is 0 Å². The van der Waals surface area contributed by atoms with E-state index in [0.29, 0.717) is 0 Å². The first-order chi connectivity index (χ1) is 4.70. The topological polar surface area (TPSA) is 0 Å². The molecule has 0 amide bonds. The highest BCUT2D eigenvalue weighted by atomic mass is 79.9. The van der Waals surface area contributed by atoms with E-state index in [1.54, 1.807) is 6.08 Å². The summed E-state index contributed by atoms with van der Waals surface area (Å²) in [4.78, 5) is 0. The lowest BCUT2D eigenvalue weighted by atomic mass is 10.2. The van der Waals surface area contributed by atoms with Gasteiger partial charge in [-0.1, -0.05) is 47.2 Å². The molecule has 0 unspecified atom stereocenters. The van der Waals surface area contributed by atoms with Gasteiger partial charge in [-0.3, -0.25) is 0 Å². The Labute approximate surface area is 71.5 Å². The molecular formula is C9H13Br. The van der Waals surface area contributed by atoms with Crippen LogP contribution in [0.4, 0.5) is 0 Å². The van der Waals surface area contributed by atoms with Crippen molar-refractivity contribution in [2.45, 2.75) is 20.3 Å². The molecule has 0 bridgehead atoms. The predicted octanol–water partition coefficient (Wildman–Crippen LogP) is 3.81. The van der Waals surface area contributed by atoms with E-state index >= 15 is 0 Å². The fourth-order valence-electron chi connectivity index (χ4n) is 0.583. The third kappa shape index (κ3) is 4.57. The van der Waals surface area contributed by atoms with Gasteiger partial charge in [-0.05, 0) is 23.9 Å². The van der Waals surface area contributed by atoms with Gasteiger partial charge in [0.1, 0.15) is 0 Å². The summed E-state index contributed by atoms with van der Waals surface area (Å²) in [5, 5.41) is 0. The first kappa shape index (κ1) is 9.70. The van der Waals surface area contributed by atoms with E-state index in [1.807, 2.05) is 6.08 Å². The normalized spacial score (nSPS) is 13.5. The van der Waals surface area contributed by atoms with Crippen molar-refractivity contribution in [1.29, 1.82) is 0 Å². The second-order valence-electron chi connectivity index (χ2n) is 2.09. The van der Waals surface area contributed by atoms with Gasteiger partial charge in [0.15, 0.2) is 0 Å². The lowest BCUT2D eigenvalue weighted by Gasteiger charge is -1.92. The molecule has 0 aromatic rings. The summed E-state index contributed by atoms with van der Waals surface area (Å²) in [5.41, 5.74) is 1.23. The van der Waals surface area contributed by atoms with Crippen molar-refractivity contribution in [3.63, 3.8) is 0 Å². The number of rotatable bonds is 3. The quantitative estimate of drug-likeness (QED) is 0.609. The summed E-state index contributed by atoms with van der Waals surface area (Å²) in [7, 11) is 0. The van der Waals surface area contributed by atoms with Crippen LogP contribution in [0.2, 0.25) is 0 Å². The second kappa shape index (κ2) is 5.48. The first-order valence-corrected chi connectivity index (χ1v) is 4.15. The van der Waals surface area contributed by atoms with Crippen LogP contribution in [0.25, 0.3) is 0 Å². The third-order valence-electron chi connectivity index (χ3n) is 1.10. The van der Waals surface area contributed by atoms with Gasteiger partial charge in [0.05, 0.1) is 0 Å². The summed E-state index contributed by atoms with van der Waals surface area (Å²) >= 11 is 3.43. The van der Waals surface area contributed by atoms with Gasteiger partial charge in [-0.25, -0.2) is 0 Å². The summed E-state index contributed by atoms with van der Waals surface area (Å²) in [6, 6.07) is 0. The lowest BCUT2D eigenvalue weighted by molar-refractivity contribution is 1.20. The Morgan fingerprint density at radius 1 is 1.60 bits per heavy atom. The Morgan fingerprint density at radius 2 is 2.20 bits per heavy atom. The summed E-state index contributed by atoms with van der Waals surface area (Å²) in [5.74, 6) is 0. The van der Waals surface area contributed by atoms with Crippen LogP contribution in [-0.2, 0) is 0 Å². The van der Waals surface area contributed by atoms with Crippen LogP contribution in [0.3, 0.4) is 0 Å². The zero-order chi connectivity index (χ0) is 7.98. The minimum Gasteiger partial charge on any atom is -0.0991 e.